The van der Waals surface area contributed by atoms with Gasteiger partial charge in [0.25, 0.3) is 0 Å². The van der Waals surface area contributed by atoms with Gasteiger partial charge >= 0.3 is 6.18 Å². The SMILES string of the molecule is CN(Cc1ccccc1)C(=O)C1CCCN(Cc2ccc(C(F)(F)F)cc2)C1.Cl. The lowest BCUT2D eigenvalue weighted by Gasteiger charge is -2.34. The van der Waals surface area contributed by atoms with Crippen LogP contribution in [0.15, 0.2) is 54.6 Å². The topological polar surface area (TPSA) is 23.6 Å². The number of hydrogen-bond donors (Lipinski definition) is 0. The summed E-state index contributed by atoms with van der Waals surface area (Å²) in [7, 11) is 1.82. The van der Waals surface area contributed by atoms with Crippen molar-refractivity contribution >= 4 is 18.3 Å². The molecule has 1 aliphatic rings. The van der Waals surface area contributed by atoms with E-state index < -0.39 is 11.7 Å². The first-order valence-corrected chi connectivity index (χ1v) is 9.50. The Bertz CT molecular complexity index is 781. The van der Waals surface area contributed by atoms with Gasteiger partial charge in [-0.2, -0.15) is 13.2 Å². The van der Waals surface area contributed by atoms with E-state index in [9.17, 15) is 18.0 Å². The molecule has 2 aromatic carbocycles. The van der Waals surface area contributed by atoms with Gasteiger partial charge in [0.1, 0.15) is 0 Å². The van der Waals surface area contributed by atoms with Crippen LogP contribution in [0.25, 0.3) is 0 Å². The highest BCUT2D eigenvalue weighted by atomic mass is 35.5. The second-order valence-electron chi connectivity index (χ2n) is 7.45. The Kier molecular flexibility index (Phi) is 8.11. The fourth-order valence-corrected chi connectivity index (χ4v) is 3.70. The van der Waals surface area contributed by atoms with E-state index in [1.165, 1.54) is 12.1 Å². The maximum Gasteiger partial charge on any atom is 0.416 e. The highest BCUT2D eigenvalue weighted by Crippen LogP contribution is 2.29. The van der Waals surface area contributed by atoms with E-state index >= 15 is 0 Å². The van der Waals surface area contributed by atoms with Crippen LogP contribution in [0.4, 0.5) is 13.2 Å². The summed E-state index contributed by atoms with van der Waals surface area (Å²) in [6.45, 7) is 2.63. The Morgan fingerprint density at radius 2 is 1.72 bits per heavy atom. The van der Waals surface area contributed by atoms with Gasteiger partial charge in [0, 0.05) is 26.7 Å². The molecule has 158 valence electrons. The van der Waals surface area contributed by atoms with E-state index in [-0.39, 0.29) is 24.2 Å². The lowest BCUT2D eigenvalue weighted by molar-refractivity contribution is -0.138. The average molecular weight is 427 g/mol. The van der Waals surface area contributed by atoms with Gasteiger partial charge in [-0.1, -0.05) is 42.5 Å². The molecule has 1 unspecified atom stereocenters. The second-order valence-corrected chi connectivity index (χ2v) is 7.45. The van der Waals surface area contributed by atoms with Crippen molar-refractivity contribution in [3.63, 3.8) is 0 Å². The molecule has 1 fully saturated rings. The molecule has 7 heteroatoms. The number of nitrogens with zero attached hydrogens (tertiary/aromatic N) is 2. The Hall–Kier alpha value is -2.05. The molecule has 1 saturated heterocycles. The van der Waals surface area contributed by atoms with Gasteiger partial charge in [-0.25, -0.2) is 0 Å². The minimum absolute atomic E-state index is 0. The molecule has 1 heterocycles. The van der Waals surface area contributed by atoms with E-state index in [0.29, 0.717) is 19.6 Å². The van der Waals surface area contributed by atoms with Gasteiger partial charge < -0.3 is 4.90 Å². The van der Waals surface area contributed by atoms with Crippen LogP contribution in [-0.2, 0) is 24.1 Å². The van der Waals surface area contributed by atoms with Crippen LogP contribution in [-0.4, -0.2) is 35.8 Å². The Morgan fingerprint density at radius 1 is 1.07 bits per heavy atom. The summed E-state index contributed by atoms with van der Waals surface area (Å²) in [4.78, 5) is 16.8. The number of hydrogen-bond acceptors (Lipinski definition) is 2. The quantitative estimate of drug-likeness (QED) is 0.671. The maximum atomic E-state index is 12.8. The molecule has 29 heavy (non-hydrogen) atoms. The van der Waals surface area contributed by atoms with Crippen molar-refractivity contribution in [2.75, 3.05) is 20.1 Å². The van der Waals surface area contributed by atoms with Crippen molar-refractivity contribution in [3.8, 4) is 0 Å². The third kappa shape index (κ3) is 6.47. The molecule has 0 N–H and O–H groups in total. The predicted octanol–water partition coefficient (Wildman–Crippen LogP) is 5.00. The van der Waals surface area contributed by atoms with Crippen molar-refractivity contribution < 1.29 is 18.0 Å². The molecular weight excluding hydrogens is 401 g/mol. The molecule has 0 aliphatic carbocycles. The number of likely N-dealkylation sites (tertiary alicyclic amines) is 1. The third-order valence-corrected chi connectivity index (χ3v) is 5.18. The van der Waals surface area contributed by atoms with Crippen molar-refractivity contribution in [1.82, 2.24) is 9.80 Å². The van der Waals surface area contributed by atoms with E-state index in [1.807, 2.05) is 37.4 Å². The minimum Gasteiger partial charge on any atom is -0.341 e. The minimum atomic E-state index is -4.31. The lowest BCUT2D eigenvalue weighted by Crippen LogP contribution is -2.43. The Balaban J connectivity index is 0.00000300. The molecule has 1 amide bonds. The summed E-state index contributed by atoms with van der Waals surface area (Å²) in [5.74, 6) is 0.0536. The van der Waals surface area contributed by atoms with Gasteiger partial charge in [-0.05, 0) is 42.6 Å². The smallest absolute Gasteiger partial charge is 0.341 e. The average Bonchev–Trinajstić information content (AvgIpc) is 2.68. The number of rotatable bonds is 5. The molecule has 3 rings (SSSR count). The second kappa shape index (κ2) is 10.1. The normalized spacial score (nSPS) is 17.4. The molecule has 1 aliphatic heterocycles. The first kappa shape index (κ1) is 23.2. The van der Waals surface area contributed by atoms with Crippen LogP contribution in [0.5, 0.6) is 0 Å². The van der Waals surface area contributed by atoms with Crippen molar-refractivity contribution in [2.24, 2.45) is 5.92 Å². The number of halogens is 4. The maximum absolute atomic E-state index is 12.8. The van der Waals surface area contributed by atoms with E-state index in [0.717, 1.165) is 42.6 Å². The summed E-state index contributed by atoms with van der Waals surface area (Å²) >= 11 is 0. The Morgan fingerprint density at radius 3 is 2.34 bits per heavy atom. The highest BCUT2D eigenvalue weighted by Gasteiger charge is 2.30. The van der Waals surface area contributed by atoms with E-state index in [4.69, 9.17) is 0 Å². The Labute approximate surface area is 175 Å². The molecule has 0 spiro atoms. The summed E-state index contributed by atoms with van der Waals surface area (Å²) in [6.07, 6.45) is -2.55. The summed E-state index contributed by atoms with van der Waals surface area (Å²) < 4.78 is 38.1. The van der Waals surface area contributed by atoms with Crippen LogP contribution < -0.4 is 0 Å². The van der Waals surface area contributed by atoms with E-state index in [1.54, 1.807) is 4.90 Å². The first-order chi connectivity index (χ1) is 13.3. The molecule has 3 nitrogen and oxygen atoms in total. The fourth-order valence-electron chi connectivity index (χ4n) is 3.70. The number of alkyl halides is 3. The molecule has 0 saturated carbocycles. The summed E-state index contributed by atoms with van der Waals surface area (Å²) in [5, 5.41) is 0. The van der Waals surface area contributed by atoms with Crippen molar-refractivity contribution in [2.45, 2.75) is 32.1 Å². The zero-order chi connectivity index (χ0) is 20.1. The summed E-state index contributed by atoms with van der Waals surface area (Å²) in [5.41, 5.74) is 1.29. The zero-order valence-electron chi connectivity index (χ0n) is 16.4. The molecule has 1 atom stereocenters. The number of amides is 1. The molecule has 0 aromatic heterocycles. The molecule has 0 radical (unpaired) electrons. The van der Waals surface area contributed by atoms with Gasteiger partial charge in [-0.15, -0.1) is 12.4 Å². The number of carbonyl (C=O) groups is 1. The third-order valence-electron chi connectivity index (χ3n) is 5.18. The highest BCUT2D eigenvalue weighted by molar-refractivity contribution is 5.85. The molecule has 0 bridgehead atoms. The fraction of sp³-hybridized carbons (Fsp3) is 0.409. The van der Waals surface area contributed by atoms with Crippen LogP contribution in [0, 0.1) is 5.92 Å². The monoisotopic (exact) mass is 426 g/mol. The lowest BCUT2D eigenvalue weighted by atomic mass is 9.96. The number of carbonyl (C=O) groups excluding carboxylic acids is 1. The molecular formula is C22H26ClF3N2O. The number of piperidine rings is 1. The number of benzene rings is 2. The van der Waals surface area contributed by atoms with Gasteiger partial charge in [0.15, 0.2) is 0 Å². The van der Waals surface area contributed by atoms with Gasteiger partial charge in [0.2, 0.25) is 5.91 Å². The van der Waals surface area contributed by atoms with Crippen molar-refractivity contribution in [1.29, 1.82) is 0 Å². The van der Waals surface area contributed by atoms with Gasteiger partial charge in [0.05, 0.1) is 11.5 Å². The first-order valence-electron chi connectivity index (χ1n) is 9.50. The van der Waals surface area contributed by atoms with Crippen molar-refractivity contribution in [3.05, 3.63) is 71.3 Å². The predicted molar refractivity (Wildman–Crippen MR) is 110 cm³/mol. The van der Waals surface area contributed by atoms with Gasteiger partial charge in [-0.3, -0.25) is 9.69 Å². The van der Waals surface area contributed by atoms with Crippen LogP contribution in [0.3, 0.4) is 0 Å². The van der Waals surface area contributed by atoms with Crippen LogP contribution in [0.1, 0.15) is 29.5 Å². The zero-order valence-corrected chi connectivity index (χ0v) is 17.2. The van der Waals surface area contributed by atoms with Crippen LogP contribution >= 0.6 is 12.4 Å². The van der Waals surface area contributed by atoms with Crippen LogP contribution in [0.2, 0.25) is 0 Å². The standard InChI is InChI=1S/C22H25F3N2O.ClH/c1-26(14-17-6-3-2-4-7-17)21(28)19-8-5-13-27(16-19)15-18-9-11-20(12-10-18)22(23,24)25;/h2-4,6-7,9-12,19H,5,8,13-16H2,1H3;1H. The van der Waals surface area contributed by atoms with E-state index in [2.05, 4.69) is 4.90 Å². The molecule has 2 aromatic rings. The largest absolute Gasteiger partial charge is 0.416 e. The summed E-state index contributed by atoms with van der Waals surface area (Å²) in [6, 6.07) is 15.2.